The summed E-state index contributed by atoms with van der Waals surface area (Å²) in [7, 11) is 3.82. The predicted octanol–water partition coefficient (Wildman–Crippen LogP) is 4.63. The van der Waals surface area contributed by atoms with Gasteiger partial charge in [-0.05, 0) is 62.4 Å². The maximum Gasteiger partial charge on any atom is 0.275 e. The average molecular weight is 656 g/mol. The Morgan fingerprint density at radius 2 is 1.17 bits per heavy atom. The Labute approximate surface area is 265 Å². The monoisotopic (exact) mass is 655 g/mol. The molecule has 2 amide bonds. The van der Waals surface area contributed by atoms with Gasteiger partial charge in [-0.3, -0.25) is 9.59 Å². The molecule has 0 radical (unpaired) electrons. The van der Waals surface area contributed by atoms with Crippen molar-refractivity contribution in [2.75, 3.05) is 52.3 Å². The van der Waals surface area contributed by atoms with Gasteiger partial charge in [-0.15, -0.1) is 0 Å². The van der Waals surface area contributed by atoms with Crippen molar-refractivity contribution in [1.82, 2.24) is 5.16 Å². The summed E-state index contributed by atoms with van der Waals surface area (Å²) in [5.74, 6) is -0.422. The number of carbonyl (C=O) groups is 2. The standard InChI is InChI=1S/C31H33N3O11S/c1-17-18(2)33-45-31(17)34(30(36)20-15-25(41-5)28(44-8)26(16-20)42-6)46(37,38)22-11-9-21(10-12-22)32-29(35)19-13-23(39-3)27(43-7)24(14-19)40-4/h9-16H,1-8H3,(H,32,35). The Hall–Kier alpha value is -5.44. The van der Waals surface area contributed by atoms with E-state index in [0.717, 1.165) is 0 Å². The lowest BCUT2D eigenvalue weighted by atomic mass is 10.1. The van der Waals surface area contributed by atoms with E-state index >= 15 is 0 Å². The molecule has 0 bridgehead atoms. The van der Waals surface area contributed by atoms with Gasteiger partial charge in [0.2, 0.25) is 11.5 Å². The summed E-state index contributed by atoms with van der Waals surface area (Å²) in [5, 5.41) is 6.55. The van der Waals surface area contributed by atoms with Gasteiger partial charge in [0.05, 0.1) is 53.2 Å². The molecule has 0 saturated heterocycles. The van der Waals surface area contributed by atoms with Crippen LogP contribution in [0.3, 0.4) is 0 Å². The van der Waals surface area contributed by atoms with Gasteiger partial charge in [0.25, 0.3) is 27.7 Å². The molecule has 0 aliphatic rings. The Bertz CT molecular complexity index is 1820. The molecule has 3 aromatic carbocycles. The smallest absolute Gasteiger partial charge is 0.275 e. The summed E-state index contributed by atoms with van der Waals surface area (Å²) in [4.78, 5) is 26.8. The predicted molar refractivity (Wildman–Crippen MR) is 167 cm³/mol. The molecule has 0 atom stereocenters. The molecule has 1 aromatic heterocycles. The molecule has 0 fully saturated rings. The molecule has 0 aliphatic carbocycles. The van der Waals surface area contributed by atoms with Crippen molar-refractivity contribution in [3.05, 3.63) is 70.9 Å². The molecule has 4 rings (SSSR count). The molecule has 15 heteroatoms. The van der Waals surface area contributed by atoms with Crippen LogP contribution in [0, 0.1) is 13.8 Å². The van der Waals surface area contributed by atoms with Gasteiger partial charge in [-0.1, -0.05) is 5.16 Å². The van der Waals surface area contributed by atoms with Gasteiger partial charge in [0.1, 0.15) is 0 Å². The minimum absolute atomic E-state index is 0.0965. The number of aromatic nitrogens is 1. The largest absolute Gasteiger partial charge is 0.493 e. The van der Waals surface area contributed by atoms with Gasteiger partial charge in [-0.25, -0.2) is 8.42 Å². The summed E-state index contributed by atoms with van der Waals surface area (Å²) in [5.41, 5.74) is 1.09. The number of methoxy groups -OCH3 is 6. The normalized spacial score (nSPS) is 11.0. The first kappa shape index (κ1) is 33.5. The SMILES string of the molecule is COc1cc(C(=O)Nc2ccc(S(=O)(=O)N(C(=O)c3cc(OC)c(OC)c(OC)c3)c3onc(C)c3C)cc2)cc(OC)c1OC. The van der Waals surface area contributed by atoms with Crippen LogP contribution in [-0.4, -0.2) is 68.0 Å². The first-order chi connectivity index (χ1) is 21.9. The fourth-order valence-electron chi connectivity index (χ4n) is 4.46. The quantitative estimate of drug-likeness (QED) is 0.225. The van der Waals surface area contributed by atoms with E-state index in [9.17, 15) is 18.0 Å². The number of hydrogen-bond acceptors (Lipinski definition) is 12. The van der Waals surface area contributed by atoms with Gasteiger partial charge >= 0.3 is 0 Å². The van der Waals surface area contributed by atoms with E-state index in [-0.39, 0.29) is 56.3 Å². The maximum atomic E-state index is 14.1. The van der Waals surface area contributed by atoms with Crippen molar-refractivity contribution < 1.29 is 51.0 Å². The number of aryl methyl sites for hydroxylation is 1. The van der Waals surface area contributed by atoms with E-state index < -0.39 is 21.8 Å². The second kappa shape index (κ2) is 13.7. The van der Waals surface area contributed by atoms with Crippen LogP contribution >= 0.6 is 0 Å². The Morgan fingerprint density at radius 3 is 1.57 bits per heavy atom. The summed E-state index contributed by atoms with van der Waals surface area (Å²) in [6.07, 6.45) is 0. The van der Waals surface area contributed by atoms with Crippen molar-refractivity contribution >= 4 is 33.4 Å². The first-order valence-electron chi connectivity index (χ1n) is 13.5. The minimum Gasteiger partial charge on any atom is -0.493 e. The van der Waals surface area contributed by atoms with Gasteiger partial charge in [-0.2, -0.15) is 4.31 Å². The molecule has 244 valence electrons. The van der Waals surface area contributed by atoms with Crippen LogP contribution in [0.15, 0.2) is 57.9 Å². The van der Waals surface area contributed by atoms with E-state index in [1.165, 1.54) is 91.2 Å². The number of rotatable bonds is 12. The number of nitrogens with zero attached hydrogens (tertiary/aromatic N) is 2. The Kier molecular flexibility index (Phi) is 9.95. The van der Waals surface area contributed by atoms with E-state index in [1.54, 1.807) is 13.8 Å². The lowest BCUT2D eigenvalue weighted by Crippen LogP contribution is -2.37. The molecule has 1 heterocycles. The zero-order valence-corrected chi connectivity index (χ0v) is 27.2. The van der Waals surface area contributed by atoms with Gasteiger partial charge in [0, 0.05) is 22.4 Å². The molecule has 0 unspecified atom stereocenters. The van der Waals surface area contributed by atoms with Crippen LogP contribution in [0.2, 0.25) is 0 Å². The highest BCUT2D eigenvalue weighted by atomic mass is 32.2. The van der Waals surface area contributed by atoms with Gasteiger partial charge < -0.3 is 38.3 Å². The molecule has 0 saturated carbocycles. The van der Waals surface area contributed by atoms with Crippen molar-refractivity contribution in [3.63, 3.8) is 0 Å². The summed E-state index contributed by atoms with van der Waals surface area (Å²) in [6, 6.07) is 10.8. The Morgan fingerprint density at radius 1 is 0.717 bits per heavy atom. The lowest BCUT2D eigenvalue weighted by molar-refractivity contribution is 0.0997. The molecule has 14 nitrogen and oxygen atoms in total. The Balaban J connectivity index is 1.72. The highest BCUT2D eigenvalue weighted by Gasteiger charge is 2.37. The van der Waals surface area contributed by atoms with Crippen LogP contribution in [0.1, 0.15) is 32.0 Å². The average Bonchev–Trinajstić information content (AvgIpc) is 3.39. The van der Waals surface area contributed by atoms with E-state index in [0.29, 0.717) is 21.3 Å². The van der Waals surface area contributed by atoms with Gasteiger partial charge in [0.15, 0.2) is 23.0 Å². The number of amides is 2. The topological polar surface area (TPSA) is 165 Å². The zero-order chi connectivity index (χ0) is 33.8. The second-order valence-corrected chi connectivity index (χ2v) is 11.4. The third kappa shape index (κ3) is 6.21. The molecule has 0 spiro atoms. The molecule has 46 heavy (non-hydrogen) atoms. The second-order valence-electron chi connectivity index (χ2n) is 9.58. The van der Waals surface area contributed by atoms with Crippen LogP contribution in [-0.2, 0) is 10.0 Å². The minimum atomic E-state index is -4.61. The van der Waals surface area contributed by atoms with Crippen molar-refractivity contribution in [1.29, 1.82) is 0 Å². The number of benzene rings is 3. The lowest BCUT2D eigenvalue weighted by Gasteiger charge is -2.21. The summed E-state index contributed by atoms with van der Waals surface area (Å²) >= 11 is 0. The van der Waals surface area contributed by atoms with E-state index in [2.05, 4.69) is 10.5 Å². The third-order valence-electron chi connectivity index (χ3n) is 6.99. The summed E-state index contributed by atoms with van der Waals surface area (Å²) in [6.45, 7) is 3.19. The molecular weight excluding hydrogens is 622 g/mol. The highest BCUT2D eigenvalue weighted by molar-refractivity contribution is 7.93. The fourth-order valence-corrected chi connectivity index (χ4v) is 5.86. The number of nitrogens with one attached hydrogen (secondary N) is 1. The van der Waals surface area contributed by atoms with Crippen LogP contribution in [0.25, 0.3) is 0 Å². The number of anilines is 2. The molecule has 4 aromatic rings. The molecular formula is C31H33N3O11S. The maximum absolute atomic E-state index is 14.1. The number of ether oxygens (including phenoxy) is 6. The molecule has 1 N–H and O–H groups in total. The van der Waals surface area contributed by atoms with Crippen molar-refractivity contribution in [2.24, 2.45) is 0 Å². The van der Waals surface area contributed by atoms with E-state index in [1.807, 2.05) is 0 Å². The number of carbonyl (C=O) groups excluding carboxylic acids is 2. The van der Waals surface area contributed by atoms with Crippen LogP contribution in [0.5, 0.6) is 34.5 Å². The third-order valence-corrected chi connectivity index (χ3v) is 8.67. The van der Waals surface area contributed by atoms with Crippen LogP contribution < -0.4 is 38.0 Å². The highest BCUT2D eigenvalue weighted by Crippen LogP contribution is 2.40. The number of sulfonamides is 1. The number of hydrogen-bond donors (Lipinski definition) is 1. The first-order valence-corrected chi connectivity index (χ1v) is 14.9. The van der Waals surface area contributed by atoms with Crippen molar-refractivity contribution in [2.45, 2.75) is 18.7 Å². The fraction of sp³-hybridized carbons (Fsp3) is 0.258. The van der Waals surface area contributed by atoms with Crippen molar-refractivity contribution in [3.8, 4) is 34.5 Å². The summed E-state index contributed by atoms with van der Waals surface area (Å²) < 4.78 is 66.0. The zero-order valence-electron chi connectivity index (χ0n) is 26.4. The van der Waals surface area contributed by atoms with E-state index in [4.69, 9.17) is 32.9 Å². The van der Waals surface area contributed by atoms with Crippen LogP contribution in [0.4, 0.5) is 11.6 Å². The molecule has 0 aliphatic heterocycles.